The van der Waals surface area contributed by atoms with Crippen molar-refractivity contribution in [3.05, 3.63) is 41.0 Å². The van der Waals surface area contributed by atoms with E-state index in [4.69, 9.17) is 4.74 Å². The lowest BCUT2D eigenvalue weighted by atomic mass is 9.97. The Labute approximate surface area is 158 Å². The summed E-state index contributed by atoms with van der Waals surface area (Å²) in [6.07, 6.45) is 4.73. The number of fused-ring (bicyclic) bond motifs is 2. The molecule has 2 bridgehead atoms. The van der Waals surface area contributed by atoms with Crippen LogP contribution in [0.4, 0.5) is 0 Å². The zero-order valence-corrected chi connectivity index (χ0v) is 16.0. The Morgan fingerprint density at radius 3 is 2.88 bits per heavy atom. The molecule has 5 nitrogen and oxygen atoms in total. The summed E-state index contributed by atoms with van der Waals surface area (Å²) < 4.78 is 5.42. The van der Waals surface area contributed by atoms with Crippen LogP contribution < -0.4 is 10.1 Å². The highest BCUT2D eigenvalue weighted by atomic mass is 32.2. The third-order valence-corrected chi connectivity index (χ3v) is 6.55. The predicted molar refractivity (Wildman–Crippen MR) is 102 cm³/mol. The van der Waals surface area contributed by atoms with Gasteiger partial charge in [0.15, 0.2) is 0 Å². The third-order valence-electron chi connectivity index (χ3n) is 5.48. The van der Waals surface area contributed by atoms with Gasteiger partial charge in [-0.25, -0.2) is 0 Å². The molecule has 2 heterocycles. The molecular formula is C20H24N2O3S. The summed E-state index contributed by atoms with van der Waals surface area (Å²) in [7, 11) is 1.67. The molecule has 0 spiro atoms. The van der Waals surface area contributed by atoms with Crippen molar-refractivity contribution < 1.29 is 14.3 Å². The van der Waals surface area contributed by atoms with Crippen molar-refractivity contribution in [3.8, 4) is 5.75 Å². The zero-order valence-electron chi connectivity index (χ0n) is 15.2. The summed E-state index contributed by atoms with van der Waals surface area (Å²) in [6, 6.07) is 6.17. The van der Waals surface area contributed by atoms with Crippen molar-refractivity contribution in [3.63, 3.8) is 0 Å². The van der Waals surface area contributed by atoms with Crippen LogP contribution in [-0.2, 0) is 16.1 Å². The van der Waals surface area contributed by atoms with E-state index in [2.05, 4.69) is 11.4 Å². The average molecular weight is 372 g/mol. The van der Waals surface area contributed by atoms with E-state index in [1.807, 2.05) is 30.0 Å². The van der Waals surface area contributed by atoms with Crippen LogP contribution in [0, 0.1) is 6.92 Å². The van der Waals surface area contributed by atoms with E-state index >= 15 is 0 Å². The first kappa shape index (κ1) is 17.6. The van der Waals surface area contributed by atoms with Gasteiger partial charge in [0.2, 0.25) is 5.12 Å². The number of benzene rings is 1. The maximum absolute atomic E-state index is 13.3. The number of nitrogens with one attached hydrogen (secondary N) is 1. The molecule has 4 rings (SSSR count). The lowest BCUT2D eigenvalue weighted by Gasteiger charge is -2.36. The van der Waals surface area contributed by atoms with Crippen LogP contribution in [-0.4, -0.2) is 46.9 Å². The van der Waals surface area contributed by atoms with E-state index in [1.165, 1.54) is 11.8 Å². The number of carbonyl (C=O) groups excluding carboxylic acids is 2. The number of nitrogens with zero attached hydrogens (tertiary/aromatic N) is 1. The van der Waals surface area contributed by atoms with E-state index in [1.54, 1.807) is 7.11 Å². The molecule has 0 radical (unpaired) electrons. The molecule has 1 saturated heterocycles. The molecule has 1 aromatic rings. The Balaban J connectivity index is 1.57. The van der Waals surface area contributed by atoms with Crippen LogP contribution in [0.2, 0.25) is 0 Å². The van der Waals surface area contributed by atoms with Gasteiger partial charge in [0, 0.05) is 30.0 Å². The number of hydrogen-bond acceptors (Lipinski definition) is 5. The normalized spacial score (nSPS) is 24.8. The fourth-order valence-corrected chi connectivity index (χ4v) is 4.72. The average Bonchev–Trinajstić information content (AvgIpc) is 3.49. The largest absolute Gasteiger partial charge is 0.496 e. The van der Waals surface area contributed by atoms with Crippen LogP contribution >= 0.6 is 11.8 Å². The molecular weight excluding hydrogens is 348 g/mol. The number of carbonyl (C=O) groups is 2. The minimum atomic E-state index is -0.134. The molecule has 138 valence electrons. The number of amides is 1. The van der Waals surface area contributed by atoms with Crippen molar-refractivity contribution in [2.75, 3.05) is 12.9 Å². The molecule has 2 unspecified atom stereocenters. The van der Waals surface area contributed by atoms with E-state index in [0.29, 0.717) is 24.8 Å². The van der Waals surface area contributed by atoms with E-state index in [-0.39, 0.29) is 23.1 Å². The van der Waals surface area contributed by atoms with Gasteiger partial charge >= 0.3 is 0 Å². The van der Waals surface area contributed by atoms with Gasteiger partial charge in [-0.05, 0) is 43.4 Å². The molecule has 1 amide bonds. The van der Waals surface area contributed by atoms with Gasteiger partial charge in [-0.2, -0.15) is 0 Å². The monoisotopic (exact) mass is 372 g/mol. The Bertz CT molecular complexity index is 772. The van der Waals surface area contributed by atoms with Crippen molar-refractivity contribution in [1.82, 2.24) is 10.2 Å². The molecule has 2 atom stereocenters. The molecule has 1 saturated carbocycles. The third kappa shape index (κ3) is 3.28. The Morgan fingerprint density at radius 2 is 2.15 bits per heavy atom. The van der Waals surface area contributed by atoms with Crippen LogP contribution in [0.15, 0.2) is 29.8 Å². The van der Waals surface area contributed by atoms with Crippen LogP contribution in [0.25, 0.3) is 0 Å². The van der Waals surface area contributed by atoms with Crippen LogP contribution in [0.3, 0.4) is 0 Å². The Hall–Kier alpha value is -1.79. The van der Waals surface area contributed by atoms with E-state index < -0.39 is 0 Å². The summed E-state index contributed by atoms with van der Waals surface area (Å²) in [4.78, 5) is 27.2. The SMILES string of the molecule is COc1cccc(CN(C(=O)C2=CCC3NC2CSC3=O)C2CC2)c1C. The first-order valence-corrected chi connectivity index (χ1v) is 10.1. The maximum atomic E-state index is 13.3. The van der Waals surface area contributed by atoms with Crippen LogP contribution in [0.1, 0.15) is 30.4 Å². The first-order valence-electron chi connectivity index (χ1n) is 9.14. The quantitative estimate of drug-likeness (QED) is 0.860. The second-order valence-electron chi connectivity index (χ2n) is 7.21. The van der Waals surface area contributed by atoms with Gasteiger partial charge in [0.1, 0.15) is 5.75 Å². The fraction of sp³-hybridized carbons (Fsp3) is 0.500. The molecule has 1 aromatic carbocycles. The Kier molecular flexibility index (Phi) is 4.80. The predicted octanol–water partition coefficient (Wildman–Crippen LogP) is 2.42. The van der Waals surface area contributed by atoms with Crippen molar-refractivity contribution >= 4 is 22.8 Å². The van der Waals surface area contributed by atoms with Gasteiger partial charge in [-0.15, -0.1) is 0 Å². The highest BCUT2D eigenvalue weighted by Crippen LogP contribution is 2.34. The number of thioether (sulfide) groups is 1. The molecule has 3 aliphatic rings. The lowest BCUT2D eigenvalue weighted by molar-refractivity contribution is -0.129. The van der Waals surface area contributed by atoms with Crippen molar-refractivity contribution in [2.24, 2.45) is 0 Å². The Morgan fingerprint density at radius 1 is 1.35 bits per heavy atom. The summed E-state index contributed by atoms with van der Waals surface area (Å²) in [5.41, 5.74) is 3.04. The zero-order chi connectivity index (χ0) is 18.3. The van der Waals surface area contributed by atoms with E-state index in [0.717, 1.165) is 35.3 Å². The first-order chi connectivity index (χ1) is 12.6. The smallest absolute Gasteiger partial charge is 0.251 e. The fourth-order valence-electron chi connectivity index (χ4n) is 3.75. The summed E-state index contributed by atoms with van der Waals surface area (Å²) in [5, 5.41) is 3.52. The topological polar surface area (TPSA) is 58.6 Å². The second-order valence-corrected chi connectivity index (χ2v) is 8.23. The molecule has 2 aliphatic heterocycles. The van der Waals surface area contributed by atoms with Gasteiger partial charge in [-0.3, -0.25) is 14.9 Å². The number of ether oxygens (including phenoxy) is 1. The lowest BCUT2D eigenvalue weighted by Crippen LogP contribution is -2.54. The van der Waals surface area contributed by atoms with Gasteiger partial charge < -0.3 is 9.64 Å². The van der Waals surface area contributed by atoms with Gasteiger partial charge in [0.05, 0.1) is 13.2 Å². The highest BCUT2D eigenvalue weighted by Gasteiger charge is 2.40. The maximum Gasteiger partial charge on any atom is 0.251 e. The minimum absolute atomic E-state index is 0.0170. The van der Waals surface area contributed by atoms with Crippen molar-refractivity contribution in [2.45, 2.75) is 50.9 Å². The number of methoxy groups -OCH3 is 1. The molecule has 6 heteroatoms. The molecule has 2 fully saturated rings. The van der Waals surface area contributed by atoms with E-state index in [9.17, 15) is 9.59 Å². The summed E-state index contributed by atoms with van der Waals surface area (Å²) >= 11 is 1.35. The van der Waals surface area contributed by atoms with Gasteiger partial charge in [0.25, 0.3) is 5.91 Å². The highest BCUT2D eigenvalue weighted by molar-refractivity contribution is 8.13. The number of rotatable bonds is 5. The molecule has 26 heavy (non-hydrogen) atoms. The van der Waals surface area contributed by atoms with Crippen LogP contribution in [0.5, 0.6) is 5.75 Å². The standard InChI is InChI=1S/C20H24N2O3S/c1-12-13(4-3-5-18(12)25-2)10-22(14-6-7-14)19(23)15-8-9-16-20(24)26-11-17(15)21-16/h3-5,8,14,16-17,21H,6-7,9-11H2,1-2H3. The second kappa shape index (κ2) is 7.08. The number of hydrogen-bond donors (Lipinski definition) is 1. The summed E-state index contributed by atoms with van der Waals surface area (Å²) in [5.74, 6) is 1.61. The molecule has 1 aliphatic carbocycles. The van der Waals surface area contributed by atoms with Crippen molar-refractivity contribution in [1.29, 1.82) is 0 Å². The van der Waals surface area contributed by atoms with Gasteiger partial charge in [-0.1, -0.05) is 30.0 Å². The minimum Gasteiger partial charge on any atom is -0.496 e. The molecule has 0 aromatic heterocycles. The summed E-state index contributed by atoms with van der Waals surface area (Å²) in [6.45, 7) is 2.64. The molecule has 1 N–H and O–H groups in total.